The lowest BCUT2D eigenvalue weighted by Crippen LogP contribution is -2.45. The highest BCUT2D eigenvalue weighted by molar-refractivity contribution is 5.87. The number of amides is 1. The summed E-state index contributed by atoms with van der Waals surface area (Å²) >= 11 is 0. The van der Waals surface area contributed by atoms with Crippen molar-refractivity contribution in [2.24, 2.45) is 0 Å². The molecule has 0 fully saturated rings. The minimum Gasteiger partial charge on any atom is -0.480 e. The second-order valence-electron chi connectivity index (χ2n) is 4.92. The summed E-state index contributed by atoms with van der Waals surface area (Å²) in [6.07, 6.45) is -0.160. The molecule has 1 aliphatic heterocycles. The zero-order valence-corrected chi connectivity index (χ0v) is 11.2. The lowest BCUT2D eigenvalue weighted by molar-refractivity contribution is -0.142. The topological polar surface area (TPSA) is 75.6 Å². The van der Waals surface area contributed by atoms with Crippen molar-refractivity contribution in [3.8, 4) is 5.75 Å². The number of aryl methyl sites for hydroxylation is 2. The minimum absolute atomic E-state index is 0.388. The van der Waals surface area contributed by atoms with Gasteiger partial charge in [0.25, 0.3) is 5.91 Å². The number of fused-ring (bicyclic) bond motifs is 1. The number of rotatable bonds is 3. The van der Waals surface area contributed by atoms with Crippen LogP contribution in [0.5, 0.6) is 5.75 Å². The van der Waals surface area contributed by atoms with Crippen molar-refractivity contribution < 1.29 is 19.4 Å². The number of aliphatic carboxylic acids is 1. The molecule has 0 saturated carbocycles. The molecule has 1 aliphatic rings. The van der Waals surface area contributed by atoms with E-state index in [0.29, 0.717) is 12.2 Å². The van der Waals surface area contributed by atoms with Crippen molar-refractivity contribution in [3.05, 3.63) is 28.8 Å². The van der Waals surface area contributed by atoms with E-state index >= 15 is 0 Å². The molecule has 5 nitrogen and oxygen atoms in total. The summed E-state index contributed by atoms with van der Waals surface area (Å²) < 4.78 is 5.58. The quantitative estimate of drug-likeness (QED) is 0.859. The van der Waals surface area contributed by atoms with Gasteiger partial charge in [-0.25, -0.2) is 0 Å². The normalized spacial score (nSPS) is 18.4. The first kappa shape index (κ1) is 13.4. The van der Waals surface area contributed by atoms with E-state index in [4.69, 9.17) is 9.84 Å². The van der Waals surface area contributed by atoms with Crippen LogP contribution in [0.3, 0.4) is 0 Å². The minimum atomic E-state index is -1.06. The van der Waals surface area contributed by atoms with Crippen molar-refractivity contribution in [2.45, 2.75) is 39.3 Å². The molecule has 0 saturated heterocycles. The van der Waals surface area contributed by atoms with E-state index in [2.05, 4.69) is 5.32 Å². The third kappa shape index (κ3) is 2.70. The van der Waals surface area contributed by atoms with E-state index in [9.17, 15) is 9.59 Å². The van der Waals surface area contributed by atoms with Gasteiger partial charge in [0.2, 0.25) is 0 Å². The van der Waals surface area contributed by atoms with Crippen LogP contribution < -0.4 is 10.1 Å². The van der Waals surface area contributed by atoms with E-state index in [1.54, 1.807) is 0 Å². The summed E-state index contributed by atoms with van der Waals surface area (Å²) in [4.78, 5) is 22.6. The second kappa shape index (κ2) is 4.91. The van der Waals surface area contributed by atoms with E-state index in [1.807, 2.05) is 26.0 Å². The SMILES string of the molecule is Cc1cc2c(cc1C)OC(C(=O)N[C@H](C)C(=O)O)C2. The Balaban J connectivity index is 2.07. The van der Waals surface area contributed by atoms with Crippen LogP contribution in [-0.4, -0.2) is 29.1 Å². The summed E-state index contributed by atoms with van der Waals surface area (Å²) in [5.74, 6) is -0.733. The number of ether oxygens (including phenoxy) is 1. The van der Waals surface area contributed by atoms with E-state index in [0.717, 1.165) is 16.7 Å². The molecule has 1 unspecified atom stereocenters. The molecular weight excluding hydrogens is 246 g/mol. The number of hydrogen-bond acceptors (Lipinski definition) is 3. The predicted molar refractivity (Wildman–Crippen MR) is 69.3 cm³/mol. The molecule has 1 amide bonds. The maximum absolute atomic E-state index is 11.9. The first-order chi connectivity index (χ1) is 8.88. The molecule has 1 aromatic rings. The van der Waals surface area contributed by atoms with Crippen LogP contribution in [0.25, 0.3) is 0 Å². The third-order valence-corrected chi connectivity index (χ3v) is 3.37. The number of carbonyl (C=O) groups excluding carboxylic acids is 1. The Labute approximate surface area is 111 Å². The van der Waals surface area contributed by atoms with Crippen molar-refractivity contribution >= 4 is 11.9 Å². The monoisotopic (exact) mass is 263 g/mol. The molecule has 1 heterocycles. The summed E-state index contributed by atoms with van der Waals surface area (Å²) in [6.45, 7) is 5.42. The lowest BCUT2D eigenvalue weighted by atomic mass is 10.0. The summed E-state index contributed by atoms with van der Waals surface area (Å²) in [7, 11) is 0. The highest BCUT2D eigenvalue weighted by Gasteiger charge is 2.31. The molecule has 2 atom stereocenters. The average Bonchev–Trinajstić information content (AvgIpc) is 2.72. The second-order valence-corrected chi connectivity index (χ2v) is 4.92. The maximum Gasteiger partial charge on any atom is 0.325 e. The fourth-order valence-electron chi connectivity index (χ4n) is 2.03. The smallest absolute Gasteiger partial charge is 0.325 e. The van der Waals surface area contributed by atoms with Crippen LogP contribution in [0.1, 0.15) is 23.6 Å². The predicted octanol–water partition coefficient (Wildman–Crippen LogP) is 1.20. The molecule has 102 valence electrons. The van der Waals surface area contributed by atoms with Gasteiger partial charge in [-0.1, -0.05) is 6.07 Å². The van der Waals surface area contributed by atoms with Gasteiger partial charge >= 0.3 is 5.97 Å². The molecule has 2 rings (SSSR count). The van der Waals surface area contributed by atoms with Gasteiger partial charge in [-0.05, 0) is 43.5 Å². The van der Waals surface area contributed by atoms with Crippen LogP contribution in [0.15, 0.2) is 12.1 Å². The van der Waals surface area contributed by atoms with Crippen LogP contribution >= 0.6 is 0 Å². The molecule has 0 bridgehead atoms. The highest BCUT2D eigenvalue weighted by atomic mass is 16.5. The van der Waals surface area contributed by atoms with Crippen LogP contribution in [0.4, 0.5) is 0 Å². The van der Waals surface area contributed by atoms with E-state index in [1.165, 1.54) is 6.92 Å². The first-order valence-electron chi connectivity index (χ1n) is 6.18. The van der Waals surface area contributed by atoms with Gasteiger partial charge in [-0.2, -0.15) is 0 Å². The van der Waals surface area contributed by atoms with Gasteiger partial charge in [-0.15, -0.1) is 0 Å². The lowest BCUT2D eigenvalue weighted by Gasteiger charge is -2.13. The van der Waals surface area contributed by atoms with Crippen molar-refractivity contribution in [1.82, 2.24) is 5.32 Å². The summed E-state index contributed by atoms with van der Waals surface area (Å²) in [5, 5.41) is 11.2. The Morgan fingerprint density at radius 2 is 2.00 bits per heavy atom. The Bertz CT molecular complexity index is 507. The van der Waals surface area contributed by atoms with Crippen molar-refractivity contribution in [3.63, 3.8) is 0 Å². The highest BCUT2D eigenvalue weighted by Crippen LogP contribution is 2.31. The fraction of sp³-hybridized carbons (Fsp3) is 0.429. The maximum atomic E-state index is 11.9. The summed E-state index contributed by atoms with van der Waals surface area (Å²) in [6, 6.07) is 3.01. The van der Waals surface area contributed by atoms with Crippen molar-refractivity contribution in [2.75, 3.05) is 0 Å². The van der Waals surface area contributed by atoms with Gasteiger partial charge in [0, 0.05) is 6.42 Å². The number of hydrogen-bond donors (Lipinski definition) is 2. The molecule has 5 heteroatoms. The molecular formula is C14H17NO4. The van der Waals surface area contributed by atoms with Crippen LogP contribution in [-0.2, 0) is 16.0 Å². The number of carboxylic acid groups (broad SMARTS) is 1. The number of benzene rings is 1. The Hall–Kier alpha value is -2.04. The fourth-order valence-corrected chi connectivity index (χ4v) is 2.03. The average molecular weight is 263 g/mol. The number of carboxylic acids is 1. The van der Waals surface area contributed by atoms with Gasteiger partial charge in [0.15, 0.2) is 6.10 Å². The molecule has 0 aromatic heterocycles. The zero-order valence-electron chi connectivity index (χ0n) is 11.2. The summed E-state index contributed by atoms with van der Waals surface area (Å²) in [5.41, 5.74) is 3.26. The van der Waals surface area contributed by atoms with E-state index < -0.39 is 18.1 Å². The van der Waals surface area contributed by atoms with Crippen molar-refractivity contribution in [1.29, 1.82) is 0 Å². The van der Waals surface area contributed by atoms with Gasteiger partial charge in [0.05, 0.1) is 0 Å². The standard InChI is InChI=1S/C14H17NO4/c1-7-4-10-6-12(19-11(10)5-8(7)2)13(16)15-9(3)14(17)18/h4-5,9,12H,6H2,1-3H3,(H,15,16)(H,17,18)/t9-,12?/m1/s1. The number of carbonyl (C=O) groups is 2. The Morgan fingerprint density at radius 1 is 1.37 bits per heavy atom. The molecule has 0 spiro atoms. The zero-order chi connectivity index (χ0) is 14.2. The largest absolute Gasteiger partial charge is 0.480 e. The molecule has 0 radical (unpaired) electrons. The molecule has 2 N–H and O–H groups in total. The molecule has 0 aliphatic carbocycles. The number of nitrogens with one attached hydrogen (secondary N) is 1. The van der Waals surface area contributed by atoms with E-state index in [-0.39, 0.29) is 5.91 Å². The van der Waals surface area contributed by atoms with Crippen LogP contribution in [0, 0.1) is 13.8 Å². The molecule has 1 aromatic carbocycles. The van der Waals surface area contributed by atoms with Gasteiger partial charge < -0.3 is 15.2 Å². The van der Waals surface area contributed by atoms with Gasteiger partial charge in [0.1, 0.15) is 11.8 Å². The van der Waals surface area contributed by atoms with Gasteiger partial charge in [-0.3, -0.25) is 9.59 Å². The molecule has 19 heavy (non-hydrogen) atoms. The third-order valence-electron chi connectivity index (χ3n) is 3.37. The van der Waals surface area contributed by atoms with Crippen LogP contribution in [0.2, 0.25) is 0 Å². The first-order valence-corrected chi connectivity index (χ1v) is 6.18. The Kier molecular flexibility index (Phi) is 3.46. The Morgan fingerprint density at radius 3 is 2.63 bits per heavy atom.